The van der Waals surface area contributed by atoms with Crippen LogP contribution in [-0.2, 0) is 19.6 Å². The van der Waals surface area contributed by atoms with Gasteiger partial charge in [0, 0.05) is 24.8 Å². The maximum absolute atomic E-state index is 4.36. The molecule has 0 aromatic carbocycles. The molecule has 0 spiro atoms. The van der Waals surface area contributed by atoms with Crippen LogP contribution < -0.4 is 5.32 Å². The molecule has 3 nitrogen and oxygen atoms in total. The van der Waals surface area contributed by atoms with Gasteiger partial charge in [0.05, 0.1) is 12.2 Å². The fourth-order valence-electron chi connectivity index (χ4n) is 1.34. The van der Waals surface area contributed by atoms with Crippen LogP contribution in [0, 0.1) is 0 Å². The summed E-state index contributed by atoms with van der Waals surface area (Å²) in [5.41, 5.74) is 2.51. The zero-order chi connectivity index (χ0) is 7.68. The Bertz CT molecular complexity index is 253. The summed E-state index contributed by atoms with van der Waals surface area (Å²) < 4.78 is 1.93. The molecule has 2 rings (SSSR count). The molecule has 1 aliphatic heterocycles. The summed E-state index contributed by atoms with van der Waals surface area (Å²) in [5, 5.41) is 7.60. The van der Waals surface area contributed by atoms with E-state index in [9.17, 15) is 0 Å². The average Bonchev–Trinajstić information content (AvgIpc) is 2.46. The molecule has 0 saturated carbocycles. The van der Waals surface area contributed by atoms with Gasteiger partial charge in [0.1, 0.15) is 0 Å². The fourth-order valence-corrected chi connectivity index (χ4v) is 1.34. The van der Waals surface area contributed by atoms with Gasteiger partial charge >= 0.3 is 0 Å². The Morgan fingerprint density at radius 3 is 3.36 bits per heavy atom. The molecule has 0 radical (unpaired) electrons. The van der Waals surface area contributed by atoms with Gasteiger partial charge in [-0.15, -0.1) is 6.58 Å². The lowest BCUT2D eigenvalue weighted by Gasteiger charge is -1.94. The van der Waals surface area contributed by atoms with Gasteiger partial charge in [0.2, 0.25) is 0 Å². The number of allylic oxidation sites excluding steroid dienone is 1. The molecule has 0 atom stereocenters. The first-order valence-electron chi connectivity index (χ1n) is 3.77. The van der Waals surface area contributed by atoms with E-state index in [2.05, 4.69) is 23.2 Å². The van der Waals surface area contributed by atoms with Crippen LogP contribution in [0.3, 0.4) is 0 Å². The predicted octanol–water partition coefficient (Wildman–Crippen LogP) is 0.672. The number of nitrogens with zero attached hydrogens (tertiary/aromatic N) is 2. The fraction of sp³-hybridized carbons (Fsp3) is 0.375. The lowest BCUT2D eigenvalue weighted by atomic mass is 10.3. The highest BCUT2D eigenvalue weighted by molar-refractivity contribution is 5.20. The van der Waals surface area contributed by atoms with E-state index in [0.717, 1.165) is 19.6 Å². The molecule has 0 amide bonds. The monoisotopic (exact) mass is 149 g/mol. The highest BCUT2D eigenvalue weighted by Crippen LogP contribution is 2.12. The van der Waals surface area contributed by atoms with Crippen molar-refractivity contribution in [3.8, 4) is 0 Å². The standard InChI is InChI=1S/C8H11N3/c1-2-3-11-6-7-4-9-5-8(7)10-11/h2,6,9H,1,3-5H2. The van der Waals surface area contributed by atoms with E-state index in [1.54, 1.807) is 0 Å². The molecule has 1 aromatic rings. The van der Waals surface area contributed by atoms with Gasteiger partial charge in [-0.1, -0.05) is 6.08 Å². The van der Waals surface area contributed by atoms with Crippen molar-refractivity contribution in [2.24, 2.45) is 0 Å². The zero-order valence-electron chi connectivity index (χ0n) is 6.38. The molecule has 11 heavy (non-hydrogen) atoms. The van der Waals surface area contributed by atoms with Crippen LogP contribution in [0.25, 0.3) is 0 Å². The minimum absolute atomic E-state index is 0.812. The second-order valence-corrected chi connectivity index (χ2v) is 2.72. The van der Waals surface area contributed by atoms with Crippen molar-refractivity contribution >= 4 is 0 Å². The summed E-state index contributed by atoms with van der Waals surface area (Å²) in [4.78, 5) is 0. The van der Waals surface area contributed by atoms with Crippen molar-refractivity contribution in [3.05, 3.63) is 30.1 Å². The molecule has 0 saturated heterocycles. The van der Waals surface area contributed by atoms with E-state index in [4.69, 9.17) is 0 Å². The van der Waals surface area contributed by atoms with E-state index in [0.29, 0.717) is 0 Å². The predicted molar refractivity (Wildman–Crippen MR) is 43.0 cm³/mol. The van der Waals surface area contributed by atoms with Crippen molar-refractivity contribution in [1.29, 1.82) is 0 Å². The number of rotatable bonds is 2. The van der Waals surface area contributed by atoms with Crippen LogP contribution in [0.1, 0.15) is 11.3 Å². The number of hydrogen-bond acceptors (Lipinski definition) is 2. The van der Waals surface area contributed by atoms with Gasteiger partial charge in [-0.25, -0.2) is 0 Å². The van der Waals surface area contributed by atoms with Crippen LogP contribution in [0.4, 0.5) is 0 Å². The van der Waals surface area contributed by atoms with Gasteiger partial charge in [0.15, 0.2) is 0 Å². The van der Waals surface area contributed by atoms with Crippen LogP contribution in [0.15, 0.2) is 18.9 Å². The minimum Gasteiger partial charge on any atom is -0.307 e. The van der Waals surface area contributed by atoms with Gasteiger partial charge in [-0.3, -0.25) is 4.68 Å². The first-order valence-corrected chi connectivity index (χ1v) is 3.77. The Kier molecular flexibility index (Phi) is 1.51. The maximum Gasteiger partial charge on any atom is 0.0807 e. The summed E-state index contributed by atoms with van der Waals surface area (Å²) in [6, 6.07) is 0. The van der Waals surface area contributed by atoms with Gasteiger partial charge in [-0.05, 0) is 0 Å². The average molecular weight is 149 g/mol. The normalized spacial score (nSPS) is 14.9. The summed E-state index contributed by atoms with van der Waals surface area (Å²) >= 11 is 0. The summed E-state index contributed by atoms with van der Waals surface area (Å²) in [7, 11) is 0. The van der Waals surface area contributed by atoms with Crippen LogP contribution in [-0.4, -0.2) is 9.78 Å². The number of nitrogens with one attached hydrogen (secondary N) is 1. The number of fused-ring (bicyclic) bond motifs is 1. The molecular weight excluding hydrogens is 138 g/mol. The first kappa shape index (κ1) is 6.61. The van der Waals surface area contributed by atoms with E-state index in [-0.39, 0.29) is 0 Å². The Balaban J connectivity index is 2.27. The first-order chi connectivity index (χ1) is 5.40. The molecule has 58 valence electrons. The highest BCUT2D eigenvalue weighted by atomic mass is 15.3. The molecule has 0 aliphatic carbocycles. The molecule has 0 unspecified atom stereocenters. The molecule has 0 bridgehead atoms. The second-order valence-electron chi connectivity index (χ2n) is 2.72. The van der Waals surface area contributed by atoms with Gasteiger partial charge in [-0.2, -0.15) is 5.10 Å². The molecule has 1 N–H and O–H groups in total. The minimum atomic E-state index is 0.812. The zero-order valence-corrected chi connectivity index (χ0v) is 6.38. The summed E-state index contributed by atoms with van der Waals surface area (Å²) in [6.45, 7) is 6.36. The maximum atomic E-state index is 4.36. The lowest BCUT2D eigenvalue weighted by molar-refractivity contribution is 0.655. The van der Waals surface area contributed by atoms with E-state index >= 15 is 0 Å². The Hall–Kier alpha value is -1.09. The van der Waals surface area contributed by atoms with Crippen molar-refractivity contribution in [2.45, 2.75) is 19.6 Å². The van der Waals surface area contributed by atoms with E-state index in [1.807, 2.05) is 10.8 Å². The highest BCUT2D eigenvalue weighted by Gasteiger charge is 2.13. The lowest BCUT2D eigenvalue weighted by Crippen LogP contribution is -2.05. The number of aromatic nitrogens is 2. The summed E-state index contributed by atoms with van der Waals surface area (Å²) in [5.74, 6) is 0. The van der Waals surface area contributed by atoms with E-state index < -0.39 is 0 Å². The Morgan fingerprint density at radius 2 is 2.64 bits per heavy atom. The molecule has 0 fully saturated rings. The van der Waals surface area contributed by atoms with Crippen LogP contribution >= 0.6 is 0 Å². The molecule has 1 aromatic heterocycles. The number of hydrogen-bond donors (Lipinski definition) is 1. The van der Waals surface area contributed by atoms with Crippen molar-refractivity contribution < 1.29 is 0 Å². The molecule has 1 aliphatic rings. The van der Waals surface area contributed by atoms with Gasteiger partial charge < -0.3 is 5.32 Å². The SMILES string of the molecule is C=CCn1cc2c(n1)CNC2. The van der Waals surface area contributed by atoms with Crippen LogP contribution in [0.5, 0.6) is 0 Å². The van der Waals surface area contributed by atoms with Crippen molar-refractivity contribution in [1.82, 2.24) is 15.1 Å². The molecule has 2 heterocycles. The second kappa shape index (κ2) is 2.51. The third kappa shape index (κ3) is 1.07. The topological polar surface area (TPSA) is 29.9 Å². The van der Waals surface area contributed by atoms with Crippen LogP contribution in [0.2, 0.25) is 0 Å². The molecular formula is C8H11N3. The van der Waals surface area contributed by atoms with Gasteiger partial charge in [0.25, 0.3) is 0 Å². The smallest absolute Gasteiger partial charge is 0.0807 e. The molecule has 3 heteroatoms. The summed E-state index contributed by atoms with van der Waals surface area (Å²) in [6.07, 6.45) is 3.94. The van der Waals surface area contributed by atoms with E-state index in [1.165, 1.54) is 11.3 Å². The third-order valence-corrected chi connectivity index (χ3v) is 1.85. The Labute approximate surface area is 65.7 Å². The largest absolute Gasteiger partial charge is 0.307 e. The Morgan fingerprint density at radius 1 is 1.73 bits per heavy atom. The quantitative estimate of drug-likeness (QED) is 0.626. The van der Waals surface area contributed by atoms with Crippen molar-refractivity contribution in [2.75, 3.05) is 0 Å². The van der Waals surface area contributed by atoms with Crippen molar-refractivity contribution in [3.63, 3.8) is 0 Å². The third-order valence-electron chi connectivity index (χ3n) is 1.85.